The van der Waals surface area contributed by atoms with Gasteiger partial charge in [-0.15, -0.1) is 0 Å². The molecule has 0 aliphatic heterocycles. The molecule has 9 heteroatoms. The lowest BCUT2D eigenvalue weighted by atomic mass is 10.1. The van der Waals surface area contributed by atoms with E-state index in [2.05, 4.69) is 94.3 Å². The van der Waals surface area contributed by atoms with Gasteiger partial charge in [-0.1, -0.05) is 57.8 Å². The smallest absolute Gasteiger partial charge is 0.456 e. The van der Waals surface area contributed by atoms with E-state index in [0.29, 0.717) is 6.42 Å². The van der Waals surface area contributed by atoms with Crippen molar-refractivity contribution in [2.24, 2.45) is 0 Å². The highest BCUT2D eigenvalue weighted by molar-refractivity contribution is 7.46. The second-order valence-corrected chi connectivity index (χ2v) is 8.84. The monoisotopic (exact) mass is 550 g/mol. The Bertz CT molecular complexity index is 1280. The molecule has 1 atom stereocenters. The molecule has 0 heterocycles. The van der Waals surface area contributed by atoms with E-state index >= 15 is 0 Å². The Hall–Kier alpha value is -4.03. The SMILES string of the molecule is CC#CC#CC#CC#CC#CC#CC#CC(=O)OC[C@H](COP(=O)(O)O)OC(=O)CCCCCCCCCC. The number of phosphoric ester groups is 1. The third kappa shape index (κ3) is 26.8. The lowest BCUT2D eigenvalue weighted by Gasteiger charge is -2.17. The number of carbonyl (C=O) groups excluding carboxylic acids is 2. The van der Waals surface area contributed by atoms with Gasteiger partial charge in [0.25, 0.3) is 0 Å². The summed E-state index contributed by atoms with van der Waals surface area (Å²) in [5, 5.41) is 0. The second kappa shape index (κ2) is 24.3. The van der Waals surface area contributed by atoms with Crippen molar-refractivity contribution in [2.75, 3.05) is 13.2 Å². The highest BCUT2D eigenvalue weighted by atomic mass is 31.2. The quantitative estimate of drug-likeness (QED) is 0.105. The van der Waals surface area contributed by atoms with Crippen molar-refractivity contribution in [3.05, 3.63) is 0 Å². The van der Waals surface area contributed by atoms with Crippen LogP contribution in [0.15, 0.2) is 0 Å². The van der Waals surface area contributed by atoms with E-state index in [1.54, 1.807) is 6.92 Å². The van der Waals surface area contributed by atoms with E-state index < -0.39 is 39.1 Å². The molecule has 0 radical (unpaired) electrons. The van der Waals surface area contributed by atoms with Crippen molar-refractivity contribution in [1.82, 2.24) is 0 Å². The van der Waals surface area contributed by atoms with Gasteiger partial charge in [0.2, 0.25) is 0 Å². The summed E-state index contributed by atoms with van der Waals surface area (Å²) in [6, 6.07) is 0. The largest absolute Gasteiger partial charge is 0.469 e. The van der Waals surface area contributed by atoms with Crippen molar-refractivity contribution >= 4 is 19.8 Å². The predicted octanol–water partition coefficient (Wildman–Crippen LogP) is 3.13. The molecule has 0 bridgehead atoms. The van der Waals surface area contributed by atoms with Crippen LogP contribution < -0.4 is 0 Å². The van der Waals surface area contributed by atoms with Gasteiger partial charge in [0.15, 0.2) is 6.10 Å². The highest BCUT2D eigenvalue weighted by Crippen LogP contribution is 2.35. The molecular formula is C30H31O8P. The maximum atomic E-state index is 12.1. The van der Waals surface area contributed by atoms with Crippen LogP contribution in [0, 0.1) is 82.9 Å². The second-order valence-electron chi connectivity index (χ2n) is 7.60. The van der Waals surface area contributed by atoms with Crippen LogP contribution in [0.5, 0.6) is 0 Å². The molecule has 0 rings (SSSR count). The van der Waals surface area contributed by atoms with Crippen molar-refractivity contribution in [2.45, 2.75) is 77.7 Å². The van der Waals surface area contributed by atoms with Crippen LogP contribution in [0.4, 0.5) is 0 Å². The van der Waals surface area contributed by atoms with Crippen LogP contribution in [-0.2, 0) is 28.2 Å². The summed E-state index contributed by atoms with van der Waals surface area (Å²) in [4.78, 5) is 41.7. The first-order valence-electron chi connectivity index (χ1n) is 12.3. The zero-order chi connectivity index (χ0) is 29.0. The van der Waals surface area contributed by atoms with E-state index in [4.69, 9.17) is 19.3 Å². The normalized spacial score (nSPS) is 9.54. The molecule has 0 aliphatic carbocycles. The number of ether oxygens (including phenoxy) is 2. The fourth-order valence-electron chi connectivity index (χ4n) is 2.61. The van der Waals surface area contributed by atoms with Crippen LogP contribution in [0.25, 0.3) is 0 Å². The van der Waals surface area contributed by atoms with Gasteiger partial charge in [-0.3, -0.25) is 9.32 Å². The van der Waals surface area contributed by atoms with Gasteiger partial charge in [0.1, 0.15) is 6.61 Å². The zero-order valence-corrected chi connectivity index (χ0v) is 23.0. The first kappa shape index (κ1) is 35.0. The fourth-order valence-corrected chi connectivity index (χ4v) is 2.97. The molecule has 2 N–H and O–H groups in total. The number of hydrogen-bond acceptors (Lipinski definition) is 6. The maximum Gasteiger partial charge on any atom is 0.469 e. The number of rotatable bonds is 15. The molecule has 39 heavy (non-hydrogen) atoms. The third-order valence-electron chi connectivity index (χ3n) is 4.34. The molecule has 0 saturated carbocycles. The number of esters is 2. The average Bonchev–Trinajstić information content (AvgIpc) is 2.89. The summed E-state index contributed by atoms with van der Waals surface area (Å²) in [5.41, 5.74) is 0. The molecule has 0 aromatic carbocycles. The van der Waals surface area contributed by atoms with Crippen LogP contribution in [0.2, 0.25) is 0 Å². The van der Waals surface area contributed by atoms with Crippen LogP contribution in [0.3, 0.4) is 0 Å². The summed E-state index contributed by atoms with van der Waals surface area (Å²) in [6.45, 7) is 2.66. The van der Waals surface area contributed by atoms with E-state index in [-0.39, 0.29) is 6.42 Å². The van der Waals surface area contributed by atoms with E-state index in [9.17, 15) is 14.2 Å². The van der Waals surface area contributed by atoms with E-state index in [0.717, 1.165) is 19.3 Å². The number of phosphoric acid groups is 1. The molecule has 0 amide bonds. The first-order chi connectivity index (χ1) is 18.8. The summed E-state index contributed by atoms with van der Waals surface area (Å²) in [7, 11) is -4.81. The third-order valence-corrected chi connectivity index (χ3v) is 4.82. The van der Waals surface area contributed by atoms with E-state index in [1.165, 1.54) is 25.7 Å². The number of unbranched alkanes of at least 4 members (excludes halogenated alkanes) is 7. The summed E-state index contributed by atoms with van der Waals surface area (Å²) >= 11 is 0. The Morgan fingerprint density at radius 3 is 1.72 bits per heavy atom. The van der Waals surface area contributed by atoms with Crippen LogP contribution >= 0.6 is 7.82 Å². The first-order valence-corrected chi connectivity index (χ1v) is 13.8. The Balaban J connectivity index is 4.62. The van der Waals surface area contributed by atoms with Crippen molar-refractivity contribution in [1.29, 1.82) is 0 Å². The van der Waals surface area contributed by atoms with Crippen molar-refractivity contribution < 1.29 is 37.9 Å². The standard InChI is InChI=1S/C30H31O8P/c1-3-5-7-9-11-13-14-15-16-17-19-20-22-24-29(31)36-26-28(27-37-39(33,34)35)38-30(32)25-23-21-18-12-10-8-6-4-2/h28H,4,6,8,10,12,18,21,23,25-27H2,1-2H3,(H2,33,34,35)/t28-/m1/s1. The number of hydrogen-bond donors (Lipinski definition) is 2. The lowest BCUT2D eigenvalue weighted by molar-refractivity contribution is -0.158. The molecule has 0 aromatic heterocycles. The average molecular weight is 551 g/mol. The number of carbonyl (C=O) groups is 2. The minimum atomic E-state index is -4.81. The zero-order valence-electron chi connectivity index (χ0n) is 22.1. The Kier molecular flexibility index (Phi) is 21.8. The Labute approximate surface area is 231 Å². The van der Waals surface area contributed by atoms with Gasteiger partial charge in [0, 0.05) is 12.3 Å². The van der Waals surface area contributed by atoms with Crippen LogP contribution in [0.1, 0.15) is 71.6 Å². The summed E-state index contributed by atoms with van der Waals surface area (Å²) < 4.78 is 25.4. The molecule has 0 aromatic rings. The van der Waals surface area contributed by atoms with Gasteiger partial charge in [-0.05, 0) is 84.4 Å². The van der Waals surface area contributed by atoms with E-state index in [1.807, 2.05) is 0 Å². The molecule has 8 nitrogen and oxygen atoms in total. The summed E-state index contributed by atoms with van der Waals surface area (Å²) in [6.07, 6.45) is 7.31. The minimum Gasteiger partial charge on any atom is -0.456 e. The maximum absolute atomic E-state index is 12.1. The van der Waals surface area contributed by atoms with Gasteiger partial charge >= 0.3 is 19.8 Å². The topological polar surface area (TPSA) is 119 Å². The highest BCUT2D eigenvalue weighted by Gasteiger charge is 2.22. The predicted molar refractivity (Wildman–Crippen MR) is 146 cm³/mol. The summed E-state index contributed by atoms with van der Waals surface area (Å²) in [5.74, 6) is 32.2. The van der Waals surface area contributed by atoms with Crippen molar-refractivity contribution in [3.8, 4) is 82.9 Å². The lowest BCUT2D eigenvalue weighted by Crippen LogP contribution is -2.29. The molecule has 0 aliphatic rings. The molecule has 0 fully saturated rings. The Morgan fingerprint density at radius 2 is 1.21 bits per heavy atom. The van der Waals surface area contributed by atoms with Gasteiger partial charge in [-0.25, -0.2) is 9.36 Å². The fraction of sp³-hybridized carbons (Fsp3) is 0.467. The minimum absolute atomic E-state index is 0.130. The molecule has 0 spiro atoms. The van der Waals surface area contributed by atoms with Gasteiger partial charge in [0.05, 0.1) is 6.61 Å². The van der Waals surface area contributed by atoms with Crippen LogP contribution in [-0.4, -0.2) is 41.0 Å². The molecule has 0 unspecified atom stereocenters. The Morgan fingerprint density at radius 1 is 0.718 bits per heavy atom. The molecular weight excluding hydrogens is 519 g/mol. The molecule has 0 saturated heterocycles. The molecule has 204 valence electrons. The van der Waals surface area contributed by atoms with Gasteiger partial charge in [-0.2, -0.15) is 0 Å². The van der Waals surface area contributed by atoms with Gasteiger partial charge < -0.3 is 19.3 Å². The van der Waals surface area contributed by atoms with Crippen molar-refractivity contribution in [3.63, 3.8) is 0 Å².